The Morgan fingerprint density at radius 2 is 1.75 bits per heavy atom. The van der Waals surface area contributed by atoms with Crippen molar-refractivity contribution in [2.75, 3.05) is 5.73 Å². The van der Waals surface area contributed by atoms with Gasteiger partial charge in [-0.05, 0) is 17.7 Å². The molecule has 0 heterocycles. The summed E-state index contributed by atoms with van der Waals surface area (Å²) in [6.45, 7) is 0. The highest BCUT2D eigenvalue weighted by Crippen LogP contribution is 2.09. The number of anilines is 1. The standard InChI is InChI=1S/C7H9N2O2S/c8-7-3-1-6(2-4-7)5-12(9,10)11/h1-4H,5,8H2,(H-,9,10,11)/q-1. The summed E-state index contributed by atoms with van der Waals surface area (Å²) in [5.74, 6) is -0.257. The van der Waals surface area contributed by atoms with E-state index in [0.717, 1.165) is 0 Å². The first-order valence-electron chi connectivity index (χ1n) is 3.29. The molecule has 12 heavy (non-hydrogen) atoms. The van der Waals surface area contributed by atoms with E-state index < -0.39 is 10.0 Å². The van der Waals surface area contributed by atoms with Gasteiger partial charge in [-0.1, -0.05) is 12.1 Å². The average Bonchev–Trinajstić information content (AvgIpc) is 1.91. The van der Waals surface area contributed by atoms with Gasteiger partial charge in [0.1, 0.15) is 0 Å². The van der Waals surface area contributed by atoms with Crippen molar-refractivity contribution in [3.8, 4) is 0 Å². The molecule has 0 radical (unpaired) electrons. The smallest absolute Gasteiger partial charge is 0.0741 e. The number of hydrogen-bond donors (Lipinski definition) is 1. The fourth-order valence-electron chi connectivity index (χ4n) is 0.833. The molecule has 0 aliphatic heterocycles. The fraction of sp³-hybridized carbons (Fsp3) is 0.143. The number of nitrogen functional groups attached to an aromatic ring is 1. The molecule has 0 aliphatic rings. The predicted octanol–water partition coefficient (Wildman–Crippen LogP) is 1.15. The quantitative estimate of drug-likeness (QED) is 0.701. The van der Waals surface area contributed by atoms with E-state index in [-0.39, 0.29) is 5.75 Å². The van der Waals surface area contributed by atoms with Crippen LogP contribution in [-0.4, -0.2) is 8.42 Å². The summed E-state index contributed by atoms with van der Waals surface area (Å²) in [7, 11) is -3.68. The third kappa shape index (κ3) is 2.89. The third-order valence-electron chi connectivity index (χ3n) is 1.34. The van der Waals surface area contributed by atoms with Crippen molar-refractivity contribution < 1.29 is 8.42 Å². The van der Waals surface area contributed by atoms with E-state index in [1.807, 2.05) is 0 Å². The van der Waals surface area contributed by atoms with Gasteiger partial charge in [0.05, 0.1) is 15.8 Å². The molecule has 1 rings (SSSR count). The van der Waals surface area contributed by atoms with Gasteiger partial charge in [0.15, 0.2) is 0 Å². The van der Waals surface area contributed by atoms with Gasteiger partial charge in [-0.25, -0.2) is 8.42 Å². The maximum absolute atomic E-state index is 10.5. The van der Waals surface area contributed by atoms with Gasteiger partial charge in [-0.2, -0.15) is 0 Å². The molecule has 1 aromatic rings. The molecule has 1 aromatic carbocycles. The average molecular weight is 185 g/mol. The Morgan fingerprint density at radius 3 is 2.17 bits per heavy atom. The van der Waals surface area contributed by atoms with Gasteiger partial charge in [-0.3, -0.25) is 0 Å². The van der Waals surface area contributed by atoms with Crippen molar-refractivity contribution >= 4 is 15.7 Å². The summed E-state index contributed by atoms with van der Waals surface area (Å²) < 4.78 is 21.0. The van der Waals surface area contributed by atoms with Crippen LogP contribution in [0.25, 0.3) is 5.14 Å². The van der Waals surface area contributed by atoms with E-state index in [2.05, 4.69) is 0 Å². The van der Waals surface area contributed by atoms with Crippen LogP contribution in [0.15, 0.2) is 24.3 Å². The van der Waals surface area contributed by atoms with Gasteiger partial charge in [0.2, 0.25) is 0 Å². The van der Waals surface area contributed by atoms with E-state index >= 15 is 0 Å². The van der Waals surface area contributed by atoms with Crippen LogP contribution in [0, 0.1) is 0 Å². The van der Waals surface area contributed by atoms with E-state index in [9.17, 15) is 8.42 Å². The number of sulfonamides is 1. The third-order valence-corrected chi connectivity index (χ3v) is 2.05. The Kier molecular flexibility index (Phi) is 2.35. The second-order valence-corrected chi connectivity index (χ2v) is 4.02. The highest BCUT2D eigenvalue weighted by atomic mass is 32.2. The molecule has 0 saturated heterocycles. The van der Waals surface area contributed by atoms with Gasteiger partial charge >= 0.3 is 0 Å². The monoisotopic (exact) mass is 185 g/mol. The zero-order valence-electron chi connectivity index (χ0n) is 6.32. The van der Waals surface area contributed by atoms with E-state index in [4.69, 9.17) is 10.9 Å². The first kappa shape index (κ1) is 9.02. The minimum absolute atomic E-state index is 0.257. The molecule has 4 nitrogen and oxygen atoms in total. The van der Waals surface area contributed by atoms with Crippen LogP contribution in [0.2, 0.25) is 0 Å². The Balaban J connectivity index is 2.85. The van der Waals surface area contributed by atoms with Crippen LogP contribution in [0.3, 0.4) is 0 Å². The molecule has 0 atom stereocenters. The lowest BCUT2D eigenvalue weighted by atomic mass is 10.2. The number of rotatable bonds is 2. The topological polar surface area (TPSA) is 84.0 Å². The number of nitrogens with two attached hydrogens (primary N) is 1. The number of benzene rings is 1. The first-order chi connectivity index (χ1) is 5.47. The lowest BCUT2D eigenvalue weighted by Gasteiger charge is -2.04. The molecular formula is C7H9N2O2S-. The molecule has 5 heteroatoms. The van der Waals surface area contributed by atoms with Crippen molar-refractivity contribution in [3.05, 3.63) is 35.0 Å². The van der Waals surface area contributed by atoms with Crippen molar-refractivity contribution in [1.82, 2.24) is 0 Å². The Bertz CT molecular complexity index is 355. The van der Waals surface area contributed by atoms with Gasteiger partial charge < -0.3 is 10.9 Å². The highest BCUT2D eigenvalue weighted by Gasteiger charge is 1.97. The van der Waals surface area contributed by atoms with Gasteiger partial charge in [-0.15, -0.1) is 0 Å². The van der Waals surface area contributed by atoms with E-state index in [0.29, 0.717) is 11.3 Å². The van der Waals surface area contributed by atoms with Gasteiger partial charge in [0, 0.05) is 5.69 Å². The molecule has 0 spiro atoms. The Hall–Kier alpha value is -1.07. The summed E-state index contributed by atoms with van der Waals surface area (Å²) in [5, 5.41) is 6.66. The molecule has 0 saturated carbocycles. The number of nitrogens with one attached hydrogen (secondary N) is 1. The highest BCUT2D eigenvalue weighted by molar-refractivity contribution is 7.92. The zero-order valence-corrected chi connectivity index (χ0v) is 7.14. The summed E-state index contributed by atoms with van der Waals surface area (Å²) in [5.41, 5.74) is 6.56. The SMILES string of the molecule is [NH-]S(=O)(=O)Cc1ccc(N)cc1. The lowest BCUT2D eigenvalue weighted by Crippen LogP contribution is -1.96. The summed E-state index contributed by atoms with van der Waals surface area (Å²) in [4.78, 5) is 0. The molecule has 0 unspecified atom stereocenters. The van der Waals surface area contributed by atoms with Crippen LogP contribution >= 0.6 is 0 Å². The fourth-order valence-corrected chi connectivity index (χ4v) is 1.46. The van der Waals surface area contributed by atoms with Crippen LogP contribution < -0.4 is 5.73 Å². The van der Waals surface area contributed by atoms with Crippen LogP contribution in [0.5, 0.6) is 0 Å². The molecule has 0 amide bonds. The molecule has 0 aromatic heterocycles. The number of hydrogen-bond acceptors (Lipinski definition) is 3. The maximum atomic E-state index is 10.5. The Morgan fingerprint density at radius 1 is 1.25 bits per heavy atom. The molecule has 0 aliphatic carbocycles. The summed E-state index contributed by atoms with van der Waals surface area (Å²) in [6.07, 6.45) is 0. The molecule has 66 valence electrons. The maximum Gasteiger partial charge on any atom is 0.0741 e. The van der Waals surface area contributed by atoms with Gasteiger partial charge in [0.25, 0.3) is 0 Å². The van der Waals surface area contributed by atoms with Crippen LogP contribution in [0.4, 0.5) is 5.69 Å². The van der Waals surface area contributed by atoms with E-state index in [1.54, 1.807) is 24.3 Å². The molecular weight excluding hydrogens is 176 g/mol. The van der Waals surface area contributed by atoms with Crippen molar-refractivity contribution in [1.29, 1.82) is 0 Å². The molecule has 0 bridgehead atoms. The largest absolute Gasteiger partial charge is 0.564 e. The minimum Gasteiger partial charge on any atom is -0.564 e. The lowest BCUT2D eigenvalue weighted by molar-refractivity contribution is 0.604. The van der Waals surface area contributed by atoms with Crippen LogP contribution in [-0.2, 0) is 15.8 Å². The molecule has 3 N–H and O–H groups in total. The van der Waals surface area contributed by atoms with Crippen LogP contribution in [0.1, 0.15) is 5.56 Å². The summed E-state index contributed by atoms with van der Waals surface area (Å²) >= 11 is 0. The Labute approximate surface area is 71.2 Å². The second-order valence-electron chi connectivity index (χ2n) is 2.50. The second kappa shape index (κ2) is 3.12. The van der Waals surface area contributed by atoms with Crippen molar-refractivity contribution in [3.63, 3.8) is 0 Å². The predicted molar refractivity (Wildman–Crippen MR) is 47.8 cm³/mol. The zero-order chi connectivity index (χ0) is 9.19. The summed E-state index contributed by atoms with van der Waals surface area (Å²) in [6, 6.07) is 6.42. The molecule has 0 fully saturated rings. The van der Waals surface area contributed by atoms with Crippen molar-refractivity contribution in [2.45, 2.75) is 5.75 Å². The normalized spacial score (nSPS) is 11.4. The van der Waals surface area contributed by atoms with Crippen molar-refractivity contribution in [2.24, 2.45) is 0 Å². The first-order valence-corrected chi connectivity index (χ1v) is 4.94. The van der Waals surface area contributed by atoms with E-state index in [1.165, 1.54) is 0 Å². The minimum atomic E-state index is -3.68.